The monoisotopic (exact) mass is 376 g/mol. The van der Waals surface area contributed by atoms with E-state index in [1.165, 1.54) is 0 Å². The van der Waals surface area contributed by atoms with Crippen LogP contribution in [0, 0.1) is 13.8 Å². The van der Waals surface area contributed by atoms with E-state index in [1.54, 1.807) is 56.3 Å². The van der Waals surface area contributed by atoms with Crippen molar-refractivity contribution >= 4 is 34.8 Å². The molecule has 0 aliphatic heterocycles. The number of rotatable bonds is 4. The van der Waals surface area contributed by atoms with Gasteiger partial charge in [-0.2, -0.15) is 0 Å². The Balaban J connectivity index is 1.89. The molecule has 1 amide bonds. The van der Waals surface area contributed by atoms with E-state index in [0.717, 1.165) is 0 Å². The van der Waals surface area contributed by atoms with Crippen LogP contribution in [0.25, 0.3) is 0 Å². The predicted molar refractivity (Wildman–Crippen MR) is 96.9 cm³/mol. The molecule has 128 valence electrons. The Hall–Kier alpha value is -2.50. The lowest BCUT2D eigenvalue weighted by atomic mass is 10.2. The van der Waals surface area contributed by atoms with Gasteiger partial charge >= 0.3 is 0 Å². The number of amides is 1. The molecule has 0 aliphatic rings. The minimum absolute atomic E-state index is 0.348. The number of nitrogens with one attached hydrogen (secondary N) is 1. The van der Waals surface area contributed by atoms with Crippen LogP contribution in [-0.2, 0) is 0 Å². The molecule has 3 aromatic rings. The summed E-state index contributed by atoms with van der Waals surface area (Å²) in [5.41, 5.74) is 1.34. The number of aryl methyl sites for hydroxylation is 2. The summed E-state index contributed by atoms with van der Waals surface area (Å²) >= 11 is 11.9. The van der Waals surface area contributed by atoms with Crippen molar-refractivity contribution in [3.8, 4) is 11.5 Å². The smallest absolute Gasteiger partial charge is 0.261 e. The summed E-state index contributed by atoms with van der Waals surface area (Å²) < 4.78 is 10.9. The number of hydrogen-bond donors (Lipinski definition) is 1. The van der Waals surface area contributed by atoms with Gasteiger partial charge in [0, 0.05) is 10.0 Å². The minimum atomic E-state index is -0.348. The molecule has 2 aromatic carbocycles. The zero-order valence-electron chi connectivity index (χ0n) is 13.5. The minimum Gasteiger partial charge on any atom is -0.455 e. The van der Waals surface area contributed by atoms with E-state index in [0.29, 0.717) is 44.2 Å². The molecule has 0 radical (unpaired) electrons. The third kappa shape index (κ3) is 3.95. The summed E-state index contributed by atoms with van der Waals surface area (Å²) in [7, 11) is 0. The molecule has 0 unspecified atom stereocenters. The van der Waals surface area contributed by atoms with Crippen LogP contribution in [0.2, 0.25) is 10.0 Å². The fraction of sp³-hybridized carbons (Fsp3) is 0.111. The molecule has 0 aliphatic carbocycles. The number of aromatic nitrogens is 1. The lowest BCUT2D eigenvalue weighted by Gasteiger charge is -2.13. The highest BCUT2D eigenvalue weighted by molar-refractivity contribution is 6.31. The van der Waals surface area contributed by atoms with Gasteiger partial charge in [0.05, 0.1) is 11.4 Å². The highest BCUT2D eigenvalue weighted by Gasteiger charge is 2.19. The molecule has 0 bridgehead atoms. The largest absolute Gasteiger partial charge is 0.455 e. The summed E-state index contributed by atoms with van der Waals surface area (Å²) in [4.78, 5) is 12.6. The number of nitrogens with zero attached hydrogens (tertiary/aromatic N) is 1. The Bertz CT molecular complexity index is 901. The summed E-state index contributed by atoms with van der Waals surface area (Å²) in [6.45, 7) is 3.38. The highest BCUT2D eigenvalue weighted by atomic mass is 35.5. The summed E-state index contributed by atoms with van der Waals surface area (Å²) in [5.74, 6) is 1.13. The predicted octanol–water partition coefficient (Wildman–Crippen LogP) is 5.64. The van der Waals surface area contributed by atoms with Crippen LogP contribution in [0.15, 0.2) is 47.0 Å². The summed E-state index contributed by atoms with van der Waals surface area (Å²) in [6.07, 6.45) is 0. The molecule has 3 rings (SSSR count). The number of carbonyl (C=O) groups is 1. The third-order valence-corrected chi connectivity index (χ3v) is 3.98. The zero-order chi connectivity index (χ0) is 18.0. The van der Waals surface area contributed by atoms with Gasteiger partial charge in [0.2, 0.25) is 0 Å². The second-order valence-electron chi connectivity index (χ2n) is 5.35. The molecule has 5 nitrogen and oxygen atoms in total. The van der Waals surface area contributed by atoms with Crippen molar-refractivity contribution in [3.05, 3.63) is 69.5 Å². The van der Waals surface area contributed by atoms with Crippen LogP contribution >= 0.6 is 23.2 Å². The molecule has 7 heteroatoms. The molecule has 25 heavy (non-hydrogen) atoms. The van der Waals surface area contributed by atoms with Crippen molar-refractivity contribution in [1.82, 2.24) is 5.16 Å². The maximum absolute atomic E-state index is 12.6. The molecular weight excluding hydrogens is 363 g/mol. The Morgan fingerprint density at radius 2 is 1.76 bits per heavy atom. The molecular formula is C18H14Cl2N2O3. The fourth-order valence-electron chi connectivity index (χ4n) is 2.31. The van der Waals surface area contributed by atoms with Crippen LogP contribution in [0.4, 0.5) is 5.69 Å². The molecule has 0 spiro atoms. The van der Waals surface area contributed by atoms with Gasteiger partial charge < -0.3 is 14.6 Å². The van der Waals surface area contributed by atoms with Gasteiger partial charge in [-0.05, 0) is 56.3 Å². The maximum atomic E-state index is 12.6. The van der Waals surface area contributed by atoms with E-state index in [2.05, 4.69) is 10.5 Å². The van der Waals surface area contributed by atoms with Crippen LogP contribution < -0.4 is 10.1 Å². The van der Waals surface area contributed by atoms with E-state index < -0.39 is 0 Å². The Morgan fingerprint density at radius 1 is 1.08 bits per heavy atom. The standard InChI is InChI=1S/C18H14Cl2N2O3/c1-10-17(11(2)25-22-10)18(23)21-15-9-13(20)5-8-16(15)24-14-6-3-12(19)4-7-14/h3-9H,1-2H3,(H,21,23). The van der Waals surface area contributed by atoms with E-state index in [-0.39, 0.29) is 5.91 Å². The van der Waals surface area contributed by atoms with Crippen molar-refractivity contribution < 1.29 is 14.1 Å². The molecule has 1 heterocycles. The van der Waals surface area contributed by atoms with E-state index >= 15 is 0 Å². The van der Waals surface area contributed by atoms with Crippen molar-refractivity contribution in [2.24, 2.45) is 0 Å². The van der Waals surface area contributed by atoms with Gasteiger partial charge in [0.1, 0.15) is 17.1 Å². The topological polar surface area (TPSA) is 64.4 Å². The second kappa shape index (κ2) is 7.17. The number of carbonyl (C=O) groups excluding carboxylic acids is 1. The van der Waals surface area contributed by atoms with Crippen LogP contribution in [-0.4, -0.2) is 11.1 Å². The zero-order valence-corrected chi connectivity index (χ0v) is 15.0. The first-order chi connectivity index (χ1) is 11.9. The van der Waals surface area contributed by atoms with Crippen LogP contribution in [0.5, 0.6) is 11.5 Å². The van der Waals surface area contributed by atoms with Gasteiger partial charge in [-0.25, -0.2) is 0 Å². The summed E-state index contributed by atoms with van der Waals surface area (Å²) in [6, 6.07) is 11.9. The van der Waals surface area contributed by atoms with Gasteiger partial charge in [0.25, 0.3) is 5.91 Å². The molecule has 1 aromatic heterocycles. The first kappa shape index (κ1) is 17.3. The molecule has 0 atom stereocenters. The van der Waals surface area contributed by atoms with Gasteiger partial charge in [0.15, 0.2) is 5.75 Å². The SMILES string of the molecule is Cc1noc(C)c1C(=O)Nc1cc(Cl)ccc1Oc1ccc(Cl)cc1. The van der Waals surface area contributed by atoms with Gasteiger partial charge in [-0.15, -0.1) is 0 Å². The molecule has 1 N–H and O–H groups in total. The maximum Gasteiger partial charge on any atom is 0.261 e. The van der Waals surface area contributed by atoms with Crippen LogP contribution in [0.3, 0.4) is 0 Å². The number of benzene rings is 2. The first-order valence-corrected chi connectivity index (χ1v) is 8.17. The van der Waals surface area contributed by atoms with Crippen molar-refractivity contribution in [2.45, 2.75) is 13.8 Å². The van der Waals surface area contributed by atoms with E-state index in [4.69, 9.17) is 32.5 Å². The highest BCUT2D eigenvalue weighted by Crippen LogP contribution is 2.33. The van der Waals surface area contributed by atoms with Crippen molar-refractivity contribution in [1.29, 1.82) is 0 Å². The Morgan fingerprint density at radius 3 is 2.40 bits per heavy atom. The molecule has 0 saturated heterocycles. The average Bonchev–Trinajstić information content (AvgIpc) is 2.91. The van der Waals surface area contributed by atoms with Crippen molar-refractivity contribution in [3.63, 3.8) is 0 Å². The van der Waals surface area contributed by atoms with Gasteiger partial charge in [-0.1, -0.05) is 28.4 Å². The number of ether oxygens (including phenoxy) is 1. The van der Waals surface area contributed by atoms with E-state index in [9.17, 15) is 4.79 Å². The van der Waals surface area contributed by atoms with Crippen LogP contribution in [0.1, 0.15) is 21.8 Å². The summed E-state index contributed by atoms with van der Waals surface area (Å²) in [5, 5.41) is 7.66. The average molecular weight is 377 g/mol. The second-order valence-corrected chi connectivity index (χ2v) is 6.22. The quantitative estimate of drug-likeness (QED) is 0.639. The molecule has 0 fully saturated rings. The Labute approximate surface area is 154 Å². The Kier molecular flexibility index (Phi) is 4.97. The number of anilines is 1. The van der Waals surface area contributed by atoms with Crippen molar-refractivity contribution in [2.75, 3.05) is 5.32 Å². The number of halogens is 2. The lowest BCUT2D eigenvalue weighted by Crippen LogP contribution is -2.14. The lowest BCUT2D eigenvalue weighted by molar-refractivity contribution is 0.102. The number of hydrogen-bond acceptors (Lipinski definition) is 4. The molecule has 0 saturated carbocycles. The van der Waals surface area contributed by atoms with E-state index in [1.807, 2.05) is 0 Å². The van der Waals surface area contributed by atoms with Gasteiger partial charge in [-0.3, -0.25) is 4.79 Å². The third-order valence-electron chi connectivity index (χ3n) is 3.49. The first-order valence-electron chi connectivity index (χ1n) is 7.41. The fourth-order valence-corrected chi connectivity index (χ4v) is 2.61. The normalized spacial score (nSPS) is 10.6.